The predicted octanol–water partition coefficient (Wildman–Crippen LogP) is 20.1. The number of hydrogen-bond donors (Lipinski definition) is 6. The van der Waals surface area contributed by atoms with Gasteiger partial charge in [0.15, 0.2) is 6.29 Å². The zero-order chi connectivity index (χ0) is 60.7. The van der Waals surface area contributed by atoms with E-state index in [9.17, 15) is 30.3 Å². The Morgan fingerprint density at radius 3 is 1.10 bits per heavy atom. The lowest BCUT2D eigenvalue weighted by atomic mass is 9.99. The Kier molecular flexibility index (Phi) is 60.8. The minimum absolute atomic E-state index is 0.134. The second-order valence-corrected chi connectivity index (χ2v) is 25.4. The number of amides is 1. The van der Waals surface area contributed by atoms with Gasteiger partial charge in [-0.15, -0.1) is 0 Å². The Labute approximate surface area is 519 Å². The summed E-state index contributed by atoms with van der Waals surface area (Å²) in [5.74, 6) is -0.137. The van der Waals surface area contributed by atoms with E-state index in [1.54, 1.807) is 0 Å². The van der Waals surface area contributed by atoms with Crippen LogP contribution in [0.25, 0.3) is 0 Å². The van der Waals surface area contributed by atoms with Crippen molar-refractivity contribution in [2.24, 2.45) is 0 Å². The summed E-state index contributed by atoms with van der Waals surface area (Å²) in [6.07, 6.45) is 81.6. The molecule has 1 heterocycles. The largest absolute Gasteiger partial charge is 0.394 e. The molecule has 0 bridgehead atoms. The topological polar surface area (TPSA) is 149 Å². The van der Waals surface area contributed by atoms with Gasteiger partial charge in [-0.25, -0.2) is 0 Å². The zero-order valence-electron chi connectivity index (χ0n) is 55.2. The molecule has 1 amide bonds. The van der Waals surface area contributed by atoms with Crippen LogP contribution in [0.3, 0.4) is 0 Å². The van der Waals surface area contributed by atoms with Gasteiger partial charge in [0.1, 0.15) is 24.4 Å². The van der Waals surface area contributed by atoms with E-state index < -0.39 is 49.5 Å². The molecule has 1 aliphatic heterocycles. The van der Waals surface area contributed by atoms with E-state index in [1.807, 2.05) is 0 Å². The molecule has 7 unspecified atom stereocenters. The van der Waals surface area contributed by atoms with E-state index in [1.165, 1.54) is 257 Å². The van der Waals surface area contributed by atoms with Crippen LogP contribution >= 0.6 is 0 Å². The van der Waals surface area contributed by atoms with E-state index in [4.69, 9.17) is 9.47 Å². The Morgan fingerprint density at radius 1 is 0.417 bits per heavy atom. The van der Waals surface area contributed by atoms with Crippen molar-refractivity contribution in [3.05, 3.63) is 60.8 Å². The van der Waals surface area contributed by atoms with Crippen LogP contribution in [0, 0.1) is 0 Å². The molecule has 6 N–H and O–H groups in total. The molecule has 0 radical (unpaired) electrons. The average Bonchev–Trinajstić information content (AvgIpc) is 3.70. The molecule has 0 aromatic carbocycles. The molecule has 0 spiro atoms. The van der Waals surface area contributed by atoms with Crippen LogP contribution in [0.1, 0.15) is 354 Å². The summed E-state index contributed by atoms with van der Waals surface area (Å²) in [4.78, 5) is 13.2. The van der Waals surface area contributed by atoms with Gasteiger partial charge in [0.2, 0.25) is 5.91 Å². The summed E-state index contributed by atoms with van der Waals surface area (Å²) in [7, 11) is 0. The van der Waals surface area contributed by atoms with Gasteiger partial charge in [-0.1, -0.05) is 351 Å². The first-order chi connectivity index (χ1) is 41.3. The highest BCUT2D eigenvalue weighted by Gasteiger charge is 2.44. The molecular formula is C75H139NO8. The van der Waals surface area contributed by atoms with Crippen molar-refractivity contribution < 1.29 is 39.8 Å². The third-order valence-electron chi connectivity index (χ3n) is 17.4. The number of carbonyl (C=O) groups is 1. The van der Waals surface area contributed by atoms with Gasteiger partial charge in [0, 0.05) is 6.42 Å². The fraction of sp³-hybridized carbons (Fsp3) is 0.853. The molecule has 492 valence electrons. The second-order valence-electron chi connectivity index (χ2n) is 25.4. The summed E-state index contributed by atoms with van der Waals surface area (Å²) in [6.45, 7) is 3.77. The van der Waals surface area contributed by atoms with E-state index in [2.05, 4.69) is 79.9 Å². The Bertz CT molecular complexity index is 1510. The van der Waals surface area contributed by atoms with Crippen LogP contribution in [0.15, 0.2) is 60.8 Å². The predicted molar refractivity (Wildman–Crippen MR) is 359 cm³/mol. The number of ether oxygens (including phenoxy) is 2. The number of unbranched alkanes of at least 4 members (excludes halogenated alkanes) is 44. The van der Waals surface area contributed by atoms with Crippen molar-refractivity contribution >= 4 is 5.91 Å². The third kappa shape index (κ3) is 51.9. The molecule has 1 saturated heterocycles. The van der Waals surface area contributed by atoms with Crippen LogP contribution in [0.5, 0.6) is 0 Å². The van der Waals surface area contributed by atoms with Gasteiger partial charge < -0.3 is 40.3 Å². The fourth-order valence-corrected chi connectivity index (χ4v) is 11.7. The first kappa shape index (κ1) is 79.9. The first-order valence-corrected chi connectivity index (χ1v) is 36.5. The van der Waals surface area contributed by atoms with Gasteiger partial charge in [-0.3, -0.25) is 4.79 Å². The quantitative estimate of drug-likeness (QED) is 0.0261. The normalized spacial score (nSPS) is 18.5. The lowest BCUT2D eigenvalue weighted by Gasteiger charge is -2.40. The monoisotopic (exact) mass is 1180 g/mol. The molecular weight excluding hydrogens is 1040 g/mol. The highest BCUT2D eigenvalue weighted by atomic mass is 16.7. The molecule has 0 saturated carbocycles. The Hall–Kier alpha value is -2.11. The third-order valence-corrected chi connectivity index (χ3v) is 17.4. The van der Waals surface area contributed by atoms with E-state index in [0.29, 0.717) is 12.8 Å². The number of carbonyl (C=O) groups excluding carboxylic acids is 1. The maximum absolute atomic E-state index is 13.2. The second kappa shape index (κ2) is 63.9. The Morgan fingerprint density at radius 2 is 0.738 bits per heavy atom. The SMILES string of the molecule is CC/C=C\C/C=C\C/C=C\C/C=C\C/C=C\CCCCCCCCCCCCCCCCCCCCCCCCCC(=O)NC(COC1OC(CO)C(O)C(O)C1O)C(O)CCCCCCCCCCCCCCCCCCCCCCCC. The highest BCUT2D eigenvalue weighted by Crippen LogP contribution is 2.24. The van der Waals surface area contributed by atoms with Gasteiger partial charge in [-0.05, 0) is 57.8 Å². The van der Waals surface area contributed by atoms with Crippen LogP contribution in [0.4, 0.5) is 0 Å². The number of hydrogen-bond acceptors (Lipinski definition) is 8. The summed E-state index contributed by atoms with van der Waals surface area (Å²) in [5.41, 5.74) is 0. The molecule has 0 aliphatic carbocycles. The Balaban J connectivity index is 2.05. The molecule has 0 aromatic heterocycles. The van der Waals surface area contributed by atoms with E-state index in [-0.39, 0.29) is 12.5 Å². The van der Waals surface area contributed by atoms with Crippen LogP contribution < -0.4 is 5.32 Å². The van der Waals surface area contributed by atoms with Gasteiger partial charge in [-0.2, -0.15) is 0 Å². The molecule has 9 heteroatoms. The van der Waals surface area contributed by atoms with Crippen molar-refractivity contribution in [2.45, 2.75) is 397 Å². The standard InChI is InChI=1S/C75H139NO8/c1-3-5-7-9-11-13-15-17-19-21-23-25-27-28-29-30-31-32-33-34-35-36-37-38-39-40-41-42-43-45-47-49-51-53-55-57-59-61-63-65-71(79)76-68(67-83-75-74(82)73(81)72(80)70(66-77)84-75)69(78)64-62-60-58-56-54-52-50-48-46-44-26-24-22-20-18-16-14-12-10-8-6-4-2/h5,7,11,13,17,19,23,25,28-29,68-70,72-75,77-78,80-82H,3-4,6,8-10,12,14-16,18,20-22,24,26-27,30-67H2,1-2H3,(H,76,79)/b7-5-,13-11-,19-17-,25-23-,29-28-. The maximum atomic E-state index is 13.2. The summed E-state index contributed by atoms with van der Waals surface area (Å²) >= 11 is 0. The molecule has 7 atom stereocenters. The minimum Gasteiger partial charge on any atom is -0.394 e. The smallest absolute Gasteiger partial charge is 0.220 e. The summed E-state index contributed by atoms with van der Waals surface area (Å²) in [5, 5.41) is 55.0. The van der Waals surface area contributed by atoms with Crippen LogP contribution in [0.2, 0.25) is 0 Å². The maximum Gasteiger partial charge on any atom is 0.220 e. The lowest BCUT2D eigenvalue weighted by molar-refractivity contribution is -0.302. The first-order valence-electron chi connectivity index (χ1n) is 36.5. The molecule has 1 fully saturated rings. The number of rotatable bonds is 64. The molecule has 9 nitrogen and oxygen atoms in total. The minimum atomic E-state index is -1.55. The highest BCUT2D eigenvalue weighted by molar-refractivity contribution is 5.76. The van der Waals surface area contributed by atoms with E-state index >= 15 is 0 Å². The fourth-order valence-electron chi connectivity index (χ4n) is 11.7. The zero-order valence-corrected chi connectivity index (χ0v) is 55.2. The van der Waals surface area contributed by atoms with Gasteiger partial charge in [0.25, 0.3) is 0 Å². The van der Waals surface area contributed by atoms with Crippen molar-refractivity contribution in [3.8, 4) is 0 Å². The van der Waals surface area contributed by atoms with Crippen LogP contribution in [-0.4, -0.2) is 87.5 Å². The number of allylic oxidation sites excluding steroid dienone is 10. The number of aliphatic hydroxyl groups excluding tert-OH is 5. The molecule has 84 heavy (non-hydrogen) atoms. The van der Waals surface area contributed by atoms with Gasteiger partial charge >= 0.3 is 0 Å². The molecule has 1 aliphatic rings. The van der Waals surface area contributed by atoms with Crippen molar-refractivity contribution in [1.29, 1.82) is 0 Å². The van der Waals surface area contributed by atoms with Crippen molar-refractivity contribution in [2.75, 3.05) is 13.2 Å². The van der Waals surface area contributed by atoms with Crippen molar-refractivity contribution in [3.63, 3.8) is 0 Å². The van der Waals surface area contributed by atoms with Gasteiger partial charge in [0.05, 0.1) is 25.4 Å². The molecule has 0 aromatic rings. The summed E-state index contributed by atoms with van der Waals surface area (Å²) < 4.78 is 11.4. The van der Waals surface area contributed by atoms with E-state index in [0.717, 1.165) is 70.6 Å². The van der Waals surface area contributed by atoms with Crippen molar-refractivity contribution in [1.82, 2.24) is 5.32 Å². The summed E-state index contributed by atoms with van der Waals surface area (Å²) in [6, 6.07) is -0.719. The molecule has 1 rings (SSSR count). The average molecular weight is 1180 g/mol. The van der Waals surface area contributed by atoms with Crippen LogP contribution in [-0.2, 0) is 14.3 Å². The number of aliphatic hydroxyl groups is 5. The number of nitrogens with one attached hydrogen (secondary N) is 1. The lowest BCUT2D eigenvalue weighted by Crippen LogP contribution is -2.60.